The highest BCUT2D eigenvalue weighted by molar-refractivity contribution is 7.92. The third kappa shape index (κ3) is 9.33. The van der Waals surface area contributed by atoms with E-state index in [1.54, 1.807) is 23.1 Å². The van der Waals surface area contributed by atoms with Gasteiger partial charge in [-0.2, -0.15) is 0 Å². The highest BCUT2D eigenvalue weighted by Gasteiger charge is 2.31. The van der Waals surface area contributed by atoms with Crippen LogP contribution in [0.2, 0.25) is 5.02 Å². The summed E-state index contributed by atoms with van der Waals surface area (Å²) in [6.45, 7) is 8.13. The summed E-state index contributed by atoms with van der Waals surface area (Å²) in [6, 6.07) is 21.8. The first-order chi connectivity index (χ1) is 19.9. The minimum atomic E-state index is -3.63. The van der Waals surface area contributed by atoms with E-state index in [0.717, 1.165) is 34.9 Å². The number of halogens is 1. The predicted molar refractivity (Wildman–Crippen MR) is 171 cm³/mol. The van der Waals surface area contributed by atoms with Crippen LogP contribution >= 0.6 is 11.6 Å². The van der Waals surface area contributed by atoms with E-state index >= 15 is 0 Å². The number of nitrogens with zero attached hydrogens (tertiary/aromatic N) is 2. The Balaban J connectivity index is 1.92. The molecule has 0 spiro atoms. The molecule has 9 heteroatoms. The molecule has 0 aromatic heterocycles. The molecule has 3 aromatic rings. The van der Waals surface area contributed by atoms with E-state index in [9.17, 15) is 18.0 Å². The largest absolute Gasteiger partial charge is 0.352 e. The van der Waals surface area contributed by atoms with Crippen LogP contribution in [0.4, 0.5) is 5.69 Å². The number of carbonyl (C=O) groups is 2. The predicted octanol–water partition coefficient (Wildman–Crippen LogP) is 6.06. The summed E-state index contributed by atoms with van der Waals surface area (Å²) in [7, 11) is -3.63. The minimum absolute atomic E-state index is 0.0459. The number of sulfonamides is 1. The zero-order valence-electron chi connectivity index (χ0n) is 25.1. The number of nitrogens with one attached hydrogen (secondary N) is 1. The molecule has 2 amide bonds. The normalized spacial score (nSPS) is 12.8. The van der Waals surface area contributed by atoms with Crippen molar-refractivity contribution in [3.05, 3.63) is 100 Å². The molecule has 3 aromatic carbocycles. The number of anilines is 1. The molecule has 42 heavy (non-hydrogen) atoms. The molecule has 0 aliphatic heterocycles. The Labute approximate surface area is 255 Å². The fourth-order valence-corrected chi connectivity index (χ4v) is 5.98. The van der Waals surface area contributed by atoms with Crippen molar-refractivity contribution in [2.75, 3.05) is 17.1 Å². The van der Waals surface area contributed by atoms with Crippen LogP contribution in [0.15, 0.2) is 72.8 Å². The monoisotopic (exact) mass is 611 g/mol. The van der Waals surface area contributed by atoms with E-state index in [1.165, 1.54) is 4.31 Å². The fourth-order valence-electron chi connectivity index (χ4n) is 4.80. The Morgan fingerprint density at radius 3 is 2.26 bits per heavy atom. The van der Waals surface area contributed by atoms with Crippen LogP contribution in [0, 0.1) is 13.8 Å². The van der Waals surface area contributed by atoms with E-state index in [-0.39, 0.29) is 43.8 Å². The van der Waals surface area contributed by atoms with Crippen molar-refractivity contribution in [3.8, 4) is 0 Å². The second-order valence-corrected chi connectivity index (χ2v) is 13.2. The van der Waals surface area contributed by atoms with Crippen LogP contribution in [0.1, 0.15) is 55.4 Å². The van der Waals surface area contributed by atoms with Gasteiger partial charge < -0.3 is 10.2 Å². The average molecular weight is 612 g/mol. The highest BCUT2D eigenvalue weighted by atomic mass is 35.5. The molecule has 0 saturated carbocycles. The summed E-state index contributed by atoms with van der Waals surface area (Å²) in [5.74, 6) is -0.419. The Kier molecular flexibility index (Phi) is 12.0. The summed E-state index contributed by atoms with van der Waals surface area (Å²) >= 11 is 6.18. The molecule has 0 heterocycles. The number of aryl methyl sites for hydroxylation is 2. The second-order valence-electron chi connectivity index (χ2n) is 10.8. The van der Waals surface area contributed by atoms with E-state index in [2.05, 4.69) is 5.32 Å². The van der Waals surface area contributed by atoms with E-state index in [0.29, 0.717) is 17.1 Å². The van der Waals surface area contributed by atoms with Crippen molar-refractivity contribution in [1.82, 2.24) is 10.2 Å². The zero-order chi connectivity index (χ0) is 30.9. The molecule has 0 aliphatic carbocycles. The van der Waals surface area contributed by atoms with Gasteiger partial charge in [-0.1, -0.05) is 79.2 Å². The van der Waals surface area contributed by atoms with Gasteiger partial charge in [0.05, 0.1) is 11.9 Å². The molecule has 226 valence electrons. The molecule has 2 atom stereocenters. The number of carbonyl (C=O) groups excluding carboxylic acids is 2. The van der Waals surface area contributed by atoms with Crippen molar-refractivity contribution in [2.24, 2.45) is 0 Å². The van der Waals surface area contributed by atoms with Gasteiger partial charge in [0.25, 0.3) is 0 Å². The molecular weight excluding hydrogens is 570 g/mol. The first kappa shape index (κ1) is 33.1. The maximum atomic E-state index is 14.0. The third-order valence-electron chi connectivity index (χ3n) is 7.47. The summed E-state index contributed by atoms with van der Waals surface area (Å²) < 4.78 is 26.8. The van der Waals surface area contributed by atoms with Gasteiger partial charge in [-0.15, -0.1) is 0 Å². The van der Waals surface area contributed by atoms with Crippen LogP contribution in [0.5, 0.6) is 0 Å². The zero-order valence-corrected chi connectivity index (χ0v) is 26.7. The Morgan fingerprint density at radius 2 is 1.62 bits per heavy atom. The van der Waals surface area contributed by atoms with Crippen LogP contribution in [-0.2, 0) is 32.6 Å². The molecule has 1 N–H and O–H groups in total. The van der Waals surface area contributed by atoms with Crippen molar-refractivity contribution >= 4 is 39.1 Å². The summed E-state index contributed by atoms with van der Waals surface area (Å²) in [4.78, 5) is 29.4. The number of hydrogen-bond donors (Lipinski definition) is 1. The second kappa shape index (κ2) is 15.2. The van der Waals surface area contributed by atoms with Crippen LogP contribution in [0.3, 0.4) is 0 Å². The highest BCUT2D eigenvalue weighted by Crippen LogP contribution is 2.27. The molecule has 7 nitrogen and oxygen atoms in total. The maximum Gasteiger partial charge on any atom is 0.243 e. The topological polar surface area (TPSA) is 86.8 Å². The quantitative estimate of drug-likeness (QED) is 0.240. The van der Waals surface area contributed by atoms with Crippen molar-refractivity contribution < 1.29 is 18.0 Å². The standard InChI is InChI=1S/C33H42ClN3O4S/c1-6-26(4)35-33(39)31(21-27-14-8-7-9-15-27)36(23-28-16-11-10-13-24(28)2)32(38)17-12-20-37(42(5,40)41)30-22-29(34)19-18-25(30)3/h7-11,13-16,18-19,22,26,31H,6,12,17,20-21,23H2,1-5H3,(H,35,39)/t26-,31+/m0/s1. The van der Waals surface area contributed by atoms with Crippen LogP contribution in [-0.4, -0.2) is 50.0 Å². The van der Waals surface area contributed by atoms with Crippen LogP contribution in [0.25, 0.3) is 0 Å². The van der Waals surface area contributed by atoms with Crippen molar-refractivity contribution in [3.63, 3.8) is 0 Å². The first-order valence-corrected chi connectivity index (χ1v) is 16.6. The van der Waals surface area contributed by atoms with E-state index < -0.39 is 16.1 Å². The maximum absolute atomic E-state index is 14.0. The number of hydrogen-bond acceptors (Lipinski definition) is 4. The van der Waals surface area contributed by atoms with Gasteiger partial charge in [-0.25, -0.2) is 8.42 Å². The number of benzene rings is 3. The SMILES string of the molecule is CC[C@H](C)NC(=O)[C@@H](Cc1ccccc1)N(Cc1ccccc1C)C(=O)CCCN(c1cc(Cl)ccc1C)S(C)(=O)=O. The summed E-state index contributed by atoms with van der Waals surface area (Å²) in [5.41, 5.74) is 4.18. The smallest absolute Gasteiger partial charge is 0.243 e. The Morgan fingerprint density at radius 1 is 0.952 bits per heavy atom. The Hall–Kier alpha value is -3.36. The molecule has 0 aliphatic rings. The molecule has 3 rings (SSSR count). The first-order valence-electron chi connectivity index (χ1n) is 14.3. The van der Waals surface area contributed by atoms with Crippen LogP contribution < -0.4 is 9.62 Å². The van der Waals surface area contributed by atoms with E-state index in [4.69, 9.17) is 11.6 Å². The number of amides is 2. The summed E-state index contributed by atoms with van der Waals surface area (Å²) in [5, 5.41) is 3.51. The lowest BCUT2D eigenvalue weighted by Crippen LogP contribution is -2.52. The molecule has 0 saturated heterocycles. The van der Waals surface area contributed by atoms with Gasteiger partial charge in [0.1, 0.15) is 6.04 Å². The lowest BCUT2D eigenvalue weighted by Gasteiger charge is -2.33. The van der Waals surface area contributed by atoms with Gasteiger partial charge in [-0.05, 0) is 68.0 Å². The molecule has 0 bridgehead atoms. The van der Waals surface area contributed by atoms with E-state index in [1.807, 2.05) is 82.3 Å². The van der Waals surface area contributed by atoms with Gasteiger partial charge >= 0.3 is 0 Å². The van der Waals surface area contributed by atoms with Crippen molar-refractivity contribution in [2.45, 2.75) is 72.0 Å². The molecule has 0 fully saturated rings. The Bertz CT molecular complexity index is 1460. The molecule has 0 unspecified atom stereocenters. The number of rotatable bonds is 14. The van der Waals surface area contributed by atoms with Crippen molar-refractivity contribution in [1.29, 1.82) is 0 Å². The lowest BCUT2D eigenvalue weighted by atomic mass is 10.0. The fraction of sp³-hybridized carbons (Fsp3) is 0.394. The van der Waals surface area contributed by atoms with Gasteiger partial charge in [0, 0.05) is 37.0 Å². The minimum Gasteiger partial charge on any atom is -0.352 e. The van der Waals surface area contributed by atoms with Gasteiger partial charge in [0.15, 0.2) is 0 Å². The van der Waals surface area contributed by atoms with Gasteiger partial charge in [0.2, 0.25) is 21.8 Å². The van der Waals surface area contributed by atoms with Gasteiger partial charge in [-0.3, -0.25) is 13.9 Å². The lowest BCUT2D eigenvalue weighted by molar-refractivity contribution is -0.141. The third-order valence-corrected chi connectivity index (χ3v) is 8.88. The average Bonchev–Trinajstić information content (AvgIpc) is 2.95. The molecule has 0 radical (unpaired) electrons. The summed E-state index contributed by atoms with van der Waals surface area (Å²) in [6.07, 6.45) is 2.61. The molecular formula is C33H42ClN3O4S.